The normalized spacial score (nSPS) is 13.3. The molecule has 3 rings (SSSR count). The largest absolute Gasteiger partial charge is 0.370 e. The van der Waals surface area contributed by atoms with Crippen molar-refractivity contribution in [3.8, 4) is 11.4 Å². The standard InChI is InChI=1S/C15H15Cl2N3S/c1-2-6-18-14-10-7-21-8-12(10)19-15(20-14)9-4-3-5-11(16)13(9)17/h3-5H,2,6-8H2,1H3,(H,18,19,20). The lowest BCUT2D eigenvalue weighted by atomic mass is 10.2. The molecule has 0 spiro atoms. The van der Waals surface area contributed by atoms with Gasteiger partial charge in [-0.25, -0.2) is 9.97 Å². The molecule has 0 amide bonds. The Hall–Kier alpha value is -0.970. The first-order chi connectivity index (χ1) is 10.2. The molecule has 21 heavy (non-hydrogen) atoms. The summed E-state index contributed by atoms with van der Waals surface area (Å²) in [5.74, 6) is 3.45. The van der Waals surface area contributed by atoms with E-state index in [1.54, 1.807) is 6.07 Å². The summed E-state index contributed by atoms with van der Waals surface area (Å²) in [5, 5.41) is 4.43. The monoisotopic (exact) mass is 339 g/mol. The Kier molecular flexibility index (Phi) is 4.57. The molecule has 0 fully saturated rings. The highest BCUT2D eigenvalue weighted by Gasteiger charge is 2.21. The fourth-order valence-corrected chi connectivity index (χ4v) is 3.66. The topological polar surface area (TPSA) is 37.8 Å². The van der Waals surface area contributed by atoms with Gasteiger partial charge in [0.1, 0.15) is 5.82 Å². The van der Waals surface area contributed by atoms with E-state index in [4.69, 9.17) is 23.2 Å². The summed E-state index contributed by atoms with van der Waals surface area (Å²) in [6.07, 6.45) is 1.05. The average molecular weight is 340 g/mol. The summed E-state index contributed by atoms with van der Waals surface area (Å²) in [6, 6.07) is 5.54. The molecule has 0 unspecified atom stereocenters. The van der Waals surface area contributed by atoms with Crippen molar-refractivity contribution >= 4 is 40.8 Å². The molecule has 2 aromatic rings. The van der Waals surface area contributed by atoms with E-state index in [1.807, 2.05) is 23.9 Å². The Balaban J connectivity index is 2.09. The SMILES string of the molecule is CCCNc1nc(-c2cccc(Cl)c2Cl)nc2c1CSC2. The third-order valence-corrected chi connectivity index (χ3v) is 5.10. The number of aromatic nitrogens is 2. The highest BCUT2D eigenvalue weighted by Crippen LogP contribution is 2.37. The van der Waals surface area contributed by atoms with Crippen LogP contribution in [-0.4, -0.2) is 16.5 Å². The summed E-state index contributed by atoms with van der Waals surface area (Å²) in [5.41, 5.74) is 3.10. The Morgan fingerprint density at radius 3 is 2.90 bits per heavy atom. The number of halogens is 2. The summed E-state index contributed by atoms with van der Waals surface area (Å²) >= 11 is 14.3. The fourth-order valence-electron chi connectivity index (χ4n) is 2.24. The summed E-state index contributed by atoms with van der Waals surface area (Å²) in [4.78, 5) is 9.35. The second kappa shape index (κ2) is 6.42. The zero-order valence-electron chi connectivity index (χ0n) is 11.6. The van der Waals surface area contributed by atoms with Gasteiger partial charge in [0, 0.05) is 29.2 Å². The van der Waals surface area contributed by atoms with Gasteiger partial charge in [0.05, 0.1) is 15.7 Å². The van der Waals surface area contributed by atoms with E-state index in [9.17, 15) is 0 Å². The van der Waals surface area contributed by atoms with Gasteiger partial charge in [-0.15, -0.1) is 0 Å². The number of hydrogen-bond donors (Lipinski definition) is 1. The minimum atomic E-state index is 0.506. The number of benzene rings is 1. The zero-order valence-corrected chi connectivity index (χ0v) is 13.9. The molecule has 1 aromatic heterocycles. The molecule has 0 bridgehead atoms. The van der Waals surface area contributed by atoms with E-state index in [2.05, 4.69) is 22.2 Å². The van der Waals surface area contributed by atoms with E-state index in [0.717, 1.165) is 41.5 Å². The van der Waals surface area contributed by atoms with Crippen LogP contribution in [-0.2, 0) is 11.5 Å². The van der Waals surface area contributed by atoms with Crippen LogP contribution < -0.4 is 5.32 Å². The molecule has 1 aliphatic rings. The van der Waals surface area contributed by atoms with E-state index in [0.29, 0.717) is 15.9 Å². The number of fused-ring (bicyclic) bond motifs is 1. The molecule has 3 nitrogen and oxygen atoms in total. The van der Waals surface area contributed by atoms with Gasteiger partial charge in [0.2, 0.25) is 0 Å². The van der Waals surface area contributed by atoms with Crippen LogP contribution in [0.2, 0.25) is 10.0 Å². The van der Waals surface area contributed by atoms with Crippen molar-refractivity contribution in [2.24, 2.45) is 0 Å². The minimum Gasteiger partial charge on any atom is -0.370 e. The van der Waals surface area contributed by atoms with Gasteiger partial charge in [-0.2, -0.15) is 11.8 Å². The van der Waals surface area contributed by atoms with Gasteiger partial charge in [-0.1, -0.05) is 36.2 Å². The Morgan fingerprint density at radius 1 is 1.24 bits per heavy atom. The van der Waals surface area contributed by atoms with Crippen molar-refractivity contribution in [1.82, 2.24) is 9.97 Å². The lowest BCUT2D eigenvalue weighted by Gasteiger charge is -2.12. The van der Waals surface area contributed by atoms with Crippen molar-refractivity contribution in [3.05, 3.63) is 39.5 Å². The zero-order chi connectivity index (χ0) is 14.8. The van der Waals surface area contributed by atoms with Crippen molar-refractivity contribution in [3.63, 3.8) is 0 Å². The van der Waals surface area contributed by atoms with Crippen molar-refractivity contribution in [1.29, 1.82) is 0 Å². The fraction of sp³-hybridized carbons (Fsp3) is 0.333. The van der Waals surface area contributed by atoms with Crippen molar-refractivity contribution in [2.75, 3.05) is 11.9 Å². The van der Waals surface area contributed by atoms with Crippen molar-refractivity contribution in [2.45, 2.75) is 24.9 Å². The van der Waals surface area contributed by atoms with E-state index in [1.165, 1.54) is 5.56 Å². The summed E-state index contributed by atoms with van der Waals surface area (Å²) in [7, 11) is 0. The van der Waals surface area contributed by atoms with Gasteiger partial charge in [0.25, 0.3) is 0 Å². The number of thioether (sulfide) groups is 1. The molecule has 0 atom stereocenters. The van der Waals surface area contributed by atoms with Gasteiger partial charge in [-0.3, -0.25) is 0 Å². The van der Waals surface area contributed by atoms with Gasteiger partial charge in [0.15, 0.2) is 5.82 Å². The molecule has 1 aliphatic heterocycles. The Bertz CT molecular complexity index is 676. The second-order valence-electron chi connectivity index (χ2n) is 4.84. The highest BCUT2D eigenvalue weighted by molar-refractivity contribution is 7.98. The van der Waals surface area contributed by atoms with Gasteiger partial charge >= 0.3 is 0 Å². The van der Waals surface area contributed by atoms with Crippen LogP contribution in [0, 0.1) is 0 Å². The lowest BCUT2D eigenvalue weighted by molar-refractivity contribution is 0.955. The van der Waals surface area contributed by atoms with E-state index < -0.39 is 0 Å². The average Bonchev–Trinajstić information content (AvgIpc) is 2.96. The Morgan fingerprint density at radius 2 is 2.10 bits per heavy atom. The predicted octanol–water partition coefficient (Wildman–Crippen LogP) is 5.02. The van der Waals surface area contributed by atoms with Gasteiger partial charge < -0.3 is 5.32 Å². The van der Waals surface area contributed by atoms with Crippen LogP contribution >= 0.6 is 35.0 Å². The first-order valence-corrected chi connectivity index (χ1v) is 8.77. The third-order valence-electron chi connectivity index (χ3n) is 3.31. The summed E-state index contributed by atoms with van der Waals surface area (Å²) < 4.78 is 0. The number of nitrogens with zero attached hydrogens (tertiary/aromatic N) is 2. The number of hydrogen-bond acceptors (Lipinski definition) is 4. The van der Waals surface area contributed by atoms with Crippen LogP contribution in [0.1, 0.15) is 24.6 Å². The number of rotatable bonds is 4. The number of anilines is 1. The predicted molar refractivity (Wildman–Crippen MR) is 91.3 cm³/mol. The minimum absolute atomic E-state index is 0.506. The number of nitrogens with one attached hydrogen (secondary N) is 1. The first kappa shape index (κ1) is 14.9. The molecule has 1 aromatic carbocycles. The van der Waals surface area contributed by atoms with Crippen LogP contribution in [0.15, 0.2) is 18.2 Å². The molecular formula is C15H15Cl2N3S. The van der Waals surface area contributed by atoms with Crippen LogP contribution in [0.4, 0.5) is 5.82 Å². The lowest BCUT2D eigenvalue weighted by Crippen LogP contribution is -2.08. The third kappa shape index (κ3) is 2.98. The van der Waals surface area contributed by atoms with E-state index in [-0.39, 0.29) is 0 Å². The molecule has 6 heteroatoms. The van der Waals surface area contributed by atoms with Crippen LogP contribution in [0.5, 0.6) is 0 Å². The van der Waals surface area contributed by atoms with Gasteiger partial charge in [-0.05, 0) is 18.6 Å². The molecule has 0 radical (unpaired) electrons. The molecular weight excluding hydrogens is 325 g/mol. The summed E-state index contributed by atoms with van der Waals surface area (Å²) in [6.45, 7) is 3.04. The smallest absolute Gasteiger partial charge is 0.163 e. The maximum Gasteiger partial charge on any atom is 0.163 e. The molecule has 2 heterocycles. The maximum absolute atomic E-state index is 6.30. The molecule has 0 saturated heterocycles. The highest BCUT2D eigenvalue weighted by atomic mass is 35.5. The van der Waals surface area contributed by atoms with Crippen LogP contribution in [0.25, 0.3) is 11.4 Å². The Labute approximate surface area is 138 Å². The molecule has 0 saturated carbocycles. The first-order valence-electron chi connectivity index (χ1n) is 6.86. The van der Waals surface area contributed by atoms with Crippen LogP contribution in [0.3, 0.4) is 0 Å². The molecule has 1 N–H and O–H groups in total. The quantitative estimate of drug-likeness (QED) is 0.848. The maximum atomic E-state index is 6.30. The van der Waals surface area contributed by atoms with Crippen molar-refractivity contribution < 1.29 is 0 Å². The molecule has 0 aliphatic carbocycles. The molecule has 110 valence electrons. The van der Waals surface area contributed by atoms with E-state index >= 15 is 0 Å². The second-order valence-corrected chi connectivity index (χ2v) is 6.61.